The quantitative estimate of drug-likeness (QED) is 0.395. The molecule has 66 valence electrons. The van der Waals surface area contributed by atoms with Crippen LogP contribution >= 0.6 is 25.3 Å². The van der Waals surface area contributed by atoms with Gasteiger partial charge in [0.1, 0.15) is 0 Å². The van der Waals surface area contributed by atoms with Crippen LogP contribution in [0, 0.1) is 0 Å². The summed E-state index contributed by atoms with van der Waals surface area (Å²) >= 11 is 8.31. The third kappa shape index (κ3) is 8.07. The second-order valence-corrected chi connectivity index (χ2v) is 3.41. The third-order valence-electron chi connectivity index (χ3n) is 1.20. The lowest BCUT2D eigenvalue weighted by Gasteiger charge is -2.05. The summed E-state index contributed by atoms with van der Waals surface area (Å²) < 4.78 is 4.74. The van der Waals surface area contributed by atoms with Gasteiger partial charge in [0.05, 0.1) is 6.61 Å². The Labute approximate surface area is 78.5 Å². The van der Waals surface area contributed by atoms with E-state index in [1.165, 1.54) is 6.92 Å². The van der Waals surface area contributed by atoms with Gasteiger partial charge in [0.2, 0.25) is 0 Å². The molecule has 0 saturated heterocycles. The SMILES string of the molecule is CC(=O)OCCCC(S)CS. The van der Waals surface area contributed by atoms with E-state index in [0.717, 1.165) is 18.6 Å². The maximum atomic E-state index is 10.3. The molecule has 0 N–H and O–H groups in total. The molecule has 0 aromatic heterocycles. The van der Waals surface area contributed by atoms with Gasteiger partial charge in [-0.15, -0.1) is 0 Å². The van der Waals surface area contributed by atoms with Crippen LogP contribution in [0.3, 0.4) is 0 Å². The van der Waals surface area contributed by atoms with Crippen LogP contribution < -0.4 is 0 Å². The molecule has 0 aliphatic rings. The zero-order chi connectivity index (χ0) is 8.69. The Kier molecular flexibility index (Phi) is 6.96. The molecule has 0 radical (unpaired) electrons. The van der Waals surface area contributed by atoms with E-state index in [0.29, 0.717) is 11.9 Å². The van der Waals surface area contributed by atoms with Gasteiger partial charge in [-0.25, -0.2) is 0 Å². The topological polar surface area (TPSA) is 26.3 Å². The van der Waals surface area contributed by atoms with Gasteiger partial charge in [0.25, 0.3) is 0 Å². The monoisotopic (exact) mass is 194 g/mol. The summed E-state index contributed by atoms with van der Waals surface area (Å²) in [6.07, 6.45) is 1.81. The van der Waals surface area contributed by atoms with Crippen LogP contribution in [-0.4, -0.2) is 23.6 Å². The molecule has 0 bridgehead atoms. The smallest absolute Gasteiger partial charge is 0.302 e. The number of ether oxygens (including phenoxy) is 1. The lowest BCUT2D eigenvalue weighted by Crippen LogP contribution is -2.05. The standard InChI is InChI=1S/C7H14O2S2/c1-6(8)9-4-2-3-7(11)5-10/h7,10-11H,2-5H2,1H3. The Hall–Kier alpha value is 0.170. The number of thiol groups is 2. The highest BCUT2D eigenvalue weighted by Gasteiger charge is 1.99. The first-order valence-corrected chi connectivity index (χ1v) is 4.74. The van der Waals surface area contributed by atoms with Gasteiger partial charge in [-0.1, -0.05) is 0 Å². The van der Waals surface area contributed by atoms with Crippen LogP contribution in [0.2, 0.25) is 0 Å². The highest BCUT2D eigenvalue weighted by molar-refractivity contribution is 7.84. The van der Waals surface area contributed by atoms with Gasteiger partial charge < -0.3 is 4.74 Å². The van der Waals surface area contributed by atoms with E-state index in [1.54, 1.807) is 0 Å². The molecule has 1 atom stereocenters. The van der Waals surface area contributed by atoms with E-state index in [2.05, 4.69) is 25.3 Å². The summed E-state index contributed by atoms with van der Waals surface area (Å²) in [5.41, 5.74) is 0. The lowest BCUT2D eigenvalue weighted by molar-refractivity contribution is -0.141. The molecule has 0 amide bonds. The van der Waals surface area contributed by atoms with Crippen molar-refractivity contribution in [2.24, 2.45) is 0 Å². The summed E-state index contributed by atoms with van der Waals surface area (Å²) in [5, 5.41) is 0.314. The molecule has 4 heteroatoms. The van der Waals surface area contributed by atoms with Crippen molar-refractivity contribution in [3.63, 3.8) is 0 Å². The number of hydrogen-bond acceptors (Lipinski definition) is 4. The van der Waals surface area contributed by atoms with Crippen LogP contribution in [0.5, 0.6) is 0 Å². The summed E-state index contributed by atoms with van der Waals surface area (Å²) in [4.78, 5) is 10.3. The molecule has 0 rings (SSSR count). The van der Waals surface area contributed by atoms with Crippen molar-refractivity contribution in [3.8, 4) is 0 Å². The van der Waals surface area contributed by atoms with Gasteiger partial charge in [0.15, 0.2) is 0 Å². The first-order chi connectivity index (χ1) is 5.16. The summed E-state index contributed by atoms with van der Waals surface area (Å²) in [5.74, 6) is 0.551. The molecule has 2 nitrogen and oxygen atoms in total. The summed E-state index contributed by atoms with van der Waals surface area (Å²) in [7, 11) is 0. The van der Waals surface area contributed by atoms with Crippen molar-refractivity contribution < 1.29 is 9.53 Å². The van der Waals surface area contributed by atoms with Crippen molar-refractivity contribution in [1.82, 2.24) is 0 Å². The second-order valence-electron chi connectivity index (χ2n) is 2.32. The van der Waals surface area contributed by atoms with Crippen molar-refractivity contribution in [2.45, 2.75) is 25.0 Å². The van der Waals surface area contributed by atoms with Crippen molar-refractivity contribution >= 4 is 31.2 Å². The first kappa shape index (κ1) is 11.2. The number of hydrogen-bond donors (Lipinski definition) is 2. The first-order valence-electron chi connectivity index (χ1n) is 3.59. The normalized spacial score (nSPS) is 12.6. The zero-order valence-corrected chi connectivity index (χ0v) is 8.41. The second kappa shape index (κ2) is 6.85. The van der Waals surface area contributed by atoms with Crippen LogP contribution in [0.15, 0.2) is 0 Å². The fourth-order valence-electron chi connectivity index (χ4n) is 0.626. The van der Waals surface area contributed by atoms with Crippen LogP contribution in [0.4, 0.5) is 0 Å². The van der Waals surface area contributed by atoms with E-state index in [4.69, 9.17) is 4.74 Å². The van der Waals surface area contributed by atoms with Crippen molar-refractivity contribution in [3.05, 3.63) is 0 Å². The van der Waals surface area contributed by atoms with Gasteiger partial charge in [0, 0.05) is 17.9 Å². The van der Waals surface area contributed by atoms with E-state index in [1.807, 2.05) is 0 Å². The molecule has 0 aliphatic carbocycles. The molecule has 0 saturated carbocycles. The van der Waals surface area contributed by atoms with Gasteiger partial charge in [-0.3, -0.25) is 4.79 Å². The van der Waals surface area contributed by atoms with E-state index < -0.39 is 0 Å². The largest absolute Gasteiger partial charge is 0.466 e. The van der Waals surface area contributed by atoms with Crippen LogP contribution in [-0.2, 0) is 9.53 Å². The summed E-state index contributed by atoms with van der Waals surface area (Å²) in [6.45, 7) is 1.91. The Morgan fingerprint density at radius 3 is 2.73 bits per heavy atom. The fraction of sp³-hybridized carbons (Fsp3) is 0.857. The predicted octanol–water partition coefficient (Wildman–Crippen LogP) is 1.56. The zero-order valence-electron chi connectivity index (χ0n) is 6.62. The van der Waals surface area contributed by atoms with E-state index in [-0.39, 0.29) is 5.97 Å². The molecule has 0 aromatic rings. The average Bonchev–Trinajstić information content (AvgIpc) is 1.97. The van der Waals surface area contributed by atoms with Gasteiger partial charge >= 0.3 is 5.97 Å². The molecular weight excluding hydrogens is 180 g/mol. The van der Waals surface area contributed by atoms with Crippen LogP contribution in [0.25, 0.3) is 0 Å². The molecule has 0 aliphatic heterocycles. The fourth-order valence-corrected chi connectivity index (χ4v) is 0.991. The Morgan fingerprint density at radius 1 is 1.64 bits per heavy atom. The van der Waals surface area contributed by atoms with Crippen LogP contribution in [0.1, 0.15) is 19.8 Å². The predicted molar refractivity (Wildman–Crippen MR) is 52.5 cm³/mol. The van der Waals surface area contributed by atoms with Crippen molar-refractivity contribution in [1.29, 1.82) is 0 Å². The Balaban J connectivity index is 3.08. The minimum atomic E-state index is -0.216. The number of carbonyl (C=O) groups excluding carboxylic acids is 1. The highest BCUT2D eigenvalue weighted by atomic mass is 32.1. The van der Waals surface area contributed by atoms with Gasteiger partial charge in [-0.05, 0) is 12.8 Å². The minimum Gasteiger partial charge on any atom is -0.466 e. The minimum absolute atomic E-state index is 0.216. The Morgan fingerprint density at radius 2 is 2.27 bits per heavy atom. The molecule has 0 fully saturated rings. The number of esters is 1. The summed E-state index contributed by atoms with van der Waals surface area (Å²) in [6, 6.07) is 0. The molecule has 11 heavy (non-hydrogen) atoms. The molecule has 0 heterocycles. The maximum Gasteiger partial charge on any atom is 0.302 e. The average molecular weight is 194 g/mol. The Bertz CT molecular complexity index is 117. The number of carbonyl (C=O) groups is 1. The molecule has 1 unspecified atom stereocenters. The van der Waals surface area contributed by atoms with Gasteiger partial charge in [-0.2, -0.15) is 25.3 Å². The lowest BCUT2D eigenvalue weighted by atomic mass is 10.2. The van der Waals surface area contributed by atoms with Crippen molar-refractivity contribution in [2.75, 3.05) is 12.4 Å². The highest BCUT2D eigenvalue weighted by Crippen LogP contribution is 2.06. The van der Waals surface area contributed by atoms with E-state index in [9.17, 15) is 4.79 Å². The number of rotatable bonds is 5. The molecule has 0 spiro atoms. The molecular formula is C7H14O2S2. The third-order valence-corrected chi connectivity index (χ3v) is 2.37. The van der Waals surface area contributed by atoms with E-state index >= 15 is 0 Å². The molecule has 0 aromatic carbocycles. The maximum absolute atomic E-state index is 10.3.